The fourth-order valence-electron chi connectivity index (χ4n) is 1.48. The number of hydrogen-bond acceptors (Lipinski definition) is 7. The molecule has 0 fully saturated rings. The zero-order valence-electron chi connectivity index (χ0n) is 10.6. The van der Waals surface area contributed by atoms with Crippen LogP contribution in [0.4, 0.5) is 0 Å². The van der Waals surface area contributed by atoms with Crippen molar-refractivity contribution in [2.75, 3.05) is 6.26 Å². The van der Waals surface area contributed by atoms with E-state index in [9.17, 15) is 8.42 Å². The smallest absolute Gasteiger partial charge is 0.244 e. The molecule has 2 rings (SSSR count). The largest absolute Gasteiger partial charge is 0.348 e. The Kier molecular flexibility index (Phi) is 3.67. The molecule has 8 nitrogen and oxygen atoms in total. The van der Waals surface area contributed by atoms with E-state index in [0.29, 0.717) is 6.42 Å². The van der Waals surface area contributed by atoms with Gasteiger partial charge in [0.05, 0.1) is 12.4 Å². The normalized spacial score (nSPS) is 15.3. The van der Waals surface area contributed by atoms with Crippen LogP contribution in [0.15, 0.2) is 17.0 Å². The second-order valence-corrected chi connectivity index (χ2v) is 6.72. The minimum absolute atomic E-state index is 0.123. The van der Waals surface area contributed by atoms with Crippen LogP contribution in [0.3, 0.4) is 0 Å². The molecule has 1 unspecified atom stereocenters. The Morgan fingerprint density at radius 3 is 2.84 bits per heavy atom. The maximum atomic E-state index is 11.4. The van der Waals surface area contributed by atoms with E-state index in [2.05, 4.69) is 20.1 Å². The van der Waals surface area contributed by atoms with E-state index in [-0.39, 0.29) is 11.7 Å². The van der Waals surface area contributed by atoms with Gasteiger partial charge < -0.3 is 15.2 Å². The van der Waals surface area contributed by atoms with E-state index < -0.39 is 21.1 Å². The molecular weight excluding hydrogens is 270 g/mol. The molecule has 0 bridgehead atoms. The fourth-order valence-corrected chi connectivity index (χ4v) is 1.95. The van der Waals surface area contributed by atoms with Gasteiger partial charge in [-0.2, -0.15) is 4.98 Å². The lowest BCUT2D eigenvalue weighted by Gasteiger charge is -2.04. The van der Waals surface area contributed by atoms with Gasteiger partial charge in [-0.15, -0.1) is 0 Å². The van der Waals surface area contributed by atoms with Crippen molar-refractivity contribution in [2.24, 2.45) is 5.73 Å². The summed E-state index contributed by atoms with van der Waals surface area (Å²) in [5, 5.41) is 2.85. The molecule has 3 N–H and O–H groups in total. The minimum atomic E-state index is -3.26. The number of hydrogen-bond donors (Lipinski definition) is 2. The lowest BCUT2D eigenvalue weighted by atomic mass is 10.2. The topological polar surface area (TPSA) is 128 Å². The summed E-state index contributed by atoms with van der Waals surface area (Å²) in [7, 11) is -3.26. The van der Waals surface area contributed by atoms with Gasteiger partial charge in [0.2, 0.25) is 5.89 Å². The molecule has 2 aromatic rings. The number of nitrogens with one attached hydrogen (secondary N) is 1. The van der Waals surface area contributed by atoms with Gasteiger partial charge in [0.15, 0.2) is 15.7 Å². The monoisotopic (exact) mass is 285 g/mol. The highest BCUT2D eigenvalue weighted by atomic mass is 32.2. The summed E-state index contributed by atoms with van der Waals surface area (Å²) in [5.74, 6) is 0.331. The van der Waals surface area contributed by atoms with Crippen molar-refractivity contribution in [1.29, 1.82) is 0 Å². The second kappa shape index (κ2) is 5.10. The van der Waals surface area contributed by atoms with Crippen LogP contribution in [-0.2, 0) is 16.3 Å². The third-order valence-corrected chi connectivity index (χ3v) is 4.27. The zero-order chi connectivity index (χ0) is 14.0. The van der Waals surface area contributed by atoms with Crippen molar-refractivity contribution >= 4 is 9.84 Å². The SMILES string of the molecule is CC(c1noc([C@@H](N)Cc2cnc[nH]2)n1)S(C)(=O)=O. The van der Waals surface area contributed by atoms with E-state index >= 15 is 0 Å². The van der Waals surface area contributed by atoms with Crippen LogP contribution in [0.25, 0.3) is 0 Å². The molecule has 0 aliphatic carbocycles. The lowest BCUT2D eigenvalue weighted by Crippen LogP contribution is -2.15. The second-order valence-electron chi connectivity index (χ2n) is 4.35. The van der Waals surface area contributed by atoms with E-state index in [1.807, 2.05) is 0 Å². The Morgan fingerprint density at radius 2 is 2.26 bits per heavy atom. The van der Waals surface area contributed by atoms with Gasteiger partial charge in [-0.1, -0.05) is 5.16 Å². The first-order valence-electron chi connectivity index (χ1n) is 5.63. The van der Waals surface area contributed by atoms with Gasteiger partial charge in [-0.25, -0.2) is 13.4 Å². The first-order chi connectivity index (χ1) is 8.88. The molecule has 104 valence electrons. The zero-order valence-corrected chi connectivity index (χ0v) is 11.4. The van der Waals surface area contributed by atoms with Crippen molar-refractivity contribution < 1.29 is 12.9 Å². The van der Waals surface area contributed by atoms with Crippen LogP contribution in [-0.4, -0.2) is 34.8 Å². The standard InChI is InChI=1S/C10H15N5O3S/c1-6(19(2,16)17)9-14-10(18-15-9)8(11)3-7-4-12-5-13-7/h4-6,8H,3,11H2,1-2H3,(H,12,13)/t6?,8-/m0/s1. The summed E-state index contributed by atoms with van der Waals surface area (Å²) in [6, 6.07) is -0.506. The van der Waals surface area contributed by atoms with Gasteiger partial charge in [0, 0.05) is 24.6 Å². The number of aromatic amines is 1. The maximum absolute atomic E-state index is 11.4. The minimum Gasteiger partial charge on any atom is -0.348 e. The average Bonchev–Trinajstić information content (AvgIpc) is 2.96. The number of nitrogens with two attached hydrogens (primary N) is 1. The molecule has 0 radical (unpaired) electrons. The Bertz CT molecular complexity index is 634. The Balaban J connectivity index is 2.12. The maximum Gasteiger partial charge on any atom is 0.244 e. The Labute approximate surface area is 110 Å². The predicted molar refractivity (Wildman–Crippen MR) is 66.8 cm³/mol. The third-order valence-electron chi connectivity index (χ3n) is 2.78. The number of aromatic nitrogens is 4. The molecule has 0 aromatic carbocycles. The third kappa shape index (κ3) is 3.18. The molecule has 9 heteroatoms. The molecule has 0 saturated heterocycles. The lowest BCUT2D eigenvalue weighted by molar-refractivity contribution is 0.349. The summed E-state index contributed by atoms with van der Waals surface area (Å²) in [5.41, 5.74) is 6.75. The van der Waals surface area contributed by atoms with Crippen LogP contribution < -0.4 is 5.73 Å². The molecule has 0 aliphatic rings. The highest BCUT2D eigenvalue weighted by Crippen LogP contribution is 2.20. The summed E-state index contributed by atoms with van der Waals surface area (Å²) < 4.78 is 27.8. The summed E-state index contributed by atoms with van der Waals surface area (Å²) in [6.45, 7) is 1.50. The molecule has 2 heterocycles. The van der Waals surface area contributed by atoms with Crippen molar-refractivity contribution in [2.45, 2.75) is 24.6 Å². The number of imidazole rings is 1. The molecule has 0 spiro atoms. The number of nitrogens with zero attached hydrogens (tertiary/aromatic N) is 3. The van der Waals surface area contributed by atoms with Gasteiger partial charge in [0.1, 0.15) is 5.25 Å². The van der Waals surface area contributed by atoms with Crippen LogP contribution in [0.5, 0.6) is 0 Å². The highest BCUT2D eigenvalue weighted by molar-refractivity contribution is 7.90. The molecular formula is C10H15N5O3S. The fraction of sp³-hybridized carbons (Fsp3) is 0.500. The molecule has 0 saturated carbocycles. The van der Waals surface area contributed by atoms with E-state index in [1.165, 1.54) is 6.92 Å². The number of sulfone groups is 1. The van der Waals surface area contributed by atoms with Crippen LogP contribution in [0.1, 0.15) is 35.6 Å². The van der Waals surface area contributed by atoms with Crippen LogP contribution >= 0.6 is 0 Å². The van der Waals surface area contributed by atoms with Crippen molar-refractivity contribution in [3.63, 3.8) is 0 Å². The number of rotatable bonds is 5. The molecule has 0 aliphatic heterocycles. The van der Waals surface area contributed by atoms with Crippen LogP contribution in [0, 0.1) is 0 Å². The van der Waals surface area contributed by atoms with Crippen molar-refractivity contribution in [3.8, 4) is 0 Å². The molecule has 2 aromatic heterocycles. The summed E-state index contributed by atoms with van der Waals surface area (Å²) in [6.07, 6.45) is 4.77. The molecule has 0 amide bonds. The van der Waals surface area contributed by atoms with Gasteiger partial charge in [-0.05, 0) is 6.92 Å². The Hall–Kier alpha value is -1.74. The van der Waals surface area contributed by atoms with Crippen molar-refractivity contribution in [3.05, 3.63) is 29.9 Å². The van der Waals surface area contributed by atoms with E-state index in [0.717, 1.165) is 11.9 Å². The van der Waals surface area contributed by atoms with Crippen LogP contribution in [0.2, 0.25) is 0 Å². The highest BCUT2D eigenvalue weighted by Gasteiger charge is 2.25. The molecule has 2 atom stereocenters. The summed E-state index contributed by atoms with van der Waals surface area (Å²) >= 11 is 0. The quantitative estimate of drug-likeness (QED) is 0.799. The van der Waals surface area contributed by atoms with Crippen molar-refractivity contribution in [1.82, 2.24) is 20.1 Å². The molecule has 19 heavy (non-hydrogen) atoms. The predicted octanol–water partition coefficient (Wildman–Crippen LogP) is 0.141. The van der Waals surface area contributed by atoms with E-state index in [4.69, 9.17) is 10.3 Å². The average molecular weight is 285 g/mol. The Morgan fingerprint density at radius 1 is 1.53 bits per heavy atom. The number of H-pyrrole nitrogens is 1. The first kappa shape index (κ1) is 13.7. The van der Waals surface area contributed by atoms with Gasteiger partial charge in [-0.3, -0.25) is 0 Å². The first-order valence-corrected chi connectivity index (χ1v) is 7.58. The van der Waals surface area contributed by atoms with E-state index in [1.54, 1.807) is 12.5 Å². The summed E-state index contributed by atoms with van der Waals surface area (Å²) in [4.78, 5) is 10.8. The van der Waals surface area contributed by atoms with Gasteiger partial charge in [0.25, 0.3) is 0 Å². The van der Waals surface area contributed by atoms with Gasteiger partial charge >= 0.3 is 0 Å².